The fraction of sp³-hybridized carbons (Fsp3) is 0.458. The van der Waals surface area contributed by atoms with E-state index in [0.29, 0.717) is 18.7 Å². The molecule has 0 radical (unpaired) electrons. The Kier molecular flexibility index (Phi) is 6.08. The molecule has 2 aliphatic heterocycles. The maximum atomic E-state index is 13.5. The summed E-state index contributed by atoms with van der Waals surface area (Å²) in [5.41, 5.74) is 3.59. The first-order valence-electron chi connectivity index (χ1n) is 10.9. The van der Waals surface area contributed by atoms with Crippen LogP contribution < -0.4 is 9.64 Å². The van der Waals surface area contributed by atoms with Crippen molar-refractivity contribution in [1.29, 1.82) is 0 Å². The van der Waals surface area contributed by atoms with Crippen LogP contribution in [0.3, 0.4) is 0 Å². The molecule has 1 amide bonds. The number of aryl methyl sites for hydroxylation is 2. The zero-order chi connectivity index (χ0) is 22.2. The van der Waals surface area contributed by atoms with E-state index >= 15 is 0 Å². The number of sulfonamides is 1. The summed E-state index contributed by atoms with van der Waals surface area (Å²) >= 11 is 0. The van der Waals surface area contributed by atoms with E-state index in [1.54, 1.807) is 21.3 Å². The zero-order valence-corrected chi connectivity index (χ0v) is 19.2. The molecule has 4 rings (SSSR count). The van der Waals surface area contributed by atoms with Gasteiger partial charge in [-0.2, -0.15) is 4.31 Å². The number of hydrogen-bond acceptors (Lipinski definition) is 4. The van der Waals surface area contributed by atoms with Gasteiger partial charge in [0.15, 0.2) is 0 Å². The van der Waals surface area contributed by atoms with Crippen molar-refractivity contribution in [3.8, 4) is 5.75 Å². The van der Waals surface area contributed by atoms with Gasteiger partial charge in [0.05, 0.1) is 7.11 Å². The number of fused-ring (bicyclic) bond motifs is 1. The first-order valence-corrected chi connectivity index (χ1v) is 12.4. The minimum Gasteiger partial charge on any atom is -0.495 e. The normalized spacial score (nSPS) is 19.7. The zero-order valence-electron chi connectivity index (χ0n) is 18.4. The second kappa shape index (κ2) is 8.63. The summed E-state index contributed by atoms with van der Waals surface area (Å²) in [6.45, 7) is 5.09. The van der Waals surface area contributed by atoms with Crippen molar-refractivity contribution in [3.63, 3.8) is 0 Å². The average Bonchev–Trinajstić information content (AvgIpc) is 2.77. The van der Waals surface area contributed by atoms with E-state index in [-0.39, 0.29) is 22.6 Å². The highest BCUT2D eigenvalue weighted by molar-refractivity contribution is 7.89. The summed E-state index contributed by atoms with van der Waals surface area (Å²) < 4.78 is 33.9. The number of amides is 1. The molecule has 6 nitrogen and oxygen atoms in total. The summed E-state index contributed by atoms with van der Waals surface area (Å²) in [6.07, 6.45) is 4.53. The van der Waals surface area contributed by atoms with Crippen molar-refractivity contribution in [2.75, 3.05) is 25.1 Å². The smallest absolute Gasteiger partial charge is 0.258 e. The molecule has 2 aromatic carbocycles. The van der Waals surface area contributed by atoms with E-state index in [9.17, 15) is 13.2 Å². The number of carbonyl (C=O) groups is 1. The van der Waals surface area contributed by atoms with Gasteiger partial charge in [-0.1, -0.05) is 24.1 Å². The molecule has 7 heteroatoms. The molecule has 2 aliphatic rings. The highest BCUT2D eigenvalue weighted by atomic mass is 32.2. The largest absolute Gasteiger partial charge is 0.495 e. The quantitative estimate of drug-likeness (QED) is 0.713. The average molecular weight is 443 g/mol. The molecule has 166 valence electrons. The van der Waals surface area contributed by atoms with Crippen LogP contribution in [0, 0.1) is 6.92 Å². The molecular weight excluding hydrogens is 412 g/mol. The summed E-state index contributed by atoms with van der Waals surface area (Å²) in [5, 5.41) is 0. The molecule has 0 aromatic heterocycles. The Balaban J connectivity index is 1.72. The van der Waals surface area contributed by atoms with Crippen LogP contribution in [-0.2, 0) is 16.4 Å². The van der Waals surface area contributed by atoms with E-state index in [1.165, 1.54) is 18.7 Å². The molecule has 2 aromatic rings. The lowest BCUT2D eigenvalue weighted by Gasteiger charge is -2.33. The third-order valence-corrected chi connectivity index (χ3v) is 8.37. The Morgan fingerprint density at radius 3 is 2.61 bits per heavy atom. The predicted octanol–water partition coefficient (Wildman–Crippen LogP) is 4.16. The molecule has 0 bridgehead atoms. The molecule has 1 atom stereocenters. The van der Waals surface area contributed by atoms with Gasteiger partial charge < -0.3 is 9.64 Å². The standard InChI is InChI=1S/C24H30N2O4S/c1-17-9-11-21-19(15-17)8-6-13-25(21)24(27)20-10-12-22(30-3)23(16-20)31(28,29)26-14-5-4-7-18(26)2/h9-12,15-16,18H,4-8,13-14H2,1-3H3/t18-/m0/s1. The Hall–Kier alpha value is -2.38. The van der Waals surface area contributed by atoms with Gasteiger partial charge in [-0.25, -0.2) is 8.42 Å². The van der Waals surface area contributed by atoms with Crippen LogP contribution >= 0.6 is 0 Å². The van der Waals surface area contributed by atoms with Gasteiger partial charge >= 0.3 is 0 Å². The van der Waals surface area contributed by atoms with E-state index in [0.717, 1.165) is 43.4 Å². The van der Waals surface area contributed by atoms with Crippen molar-refractivity contribution in [2.45, 2.75) is 56.9 Å². The Bertz CT molecular complexity index is 1100. The number of methoxy groups -OCH3 is 1. The monoisotopic (exact) mass is 442 g/mol. The van der Waals surface area contributed by atoms with Crippen molar-refractivity contribution in [1.82, 2.24) is 4.31 Å². The van der Waals surface area contributed by atoms with E-state index < -0.39 is 10.0 Å². The van der Waals surface area contributed by atoms with Crippen molar-refractivity contribution < 1.29 is 17.9 Å². The number of carbonyl (C=O) groups excluding carboxylic acids is 1. The molecule has 31 heavy (non-hydrogen) atoms. The van der Waals surface area contributed by atoms with Gasteiger partial charge in [0.2, 0.25) is 10.0 Å². The third-order valence-electron chi connectivity index (χ3n) is 6.34. The van der Waals surface area contributed by atoms with Crippen molar-refractivity contribution in [3.05, 3.63) is 53.1 Å². The summed E-state index contributed by atoms with van der Waals surface area (Å²) in [6, 6.07) is 10.8. The molecule has 1 fully saturated rings. The fourth-order valence-electron chi connectivity index (χ4n) is 4.66. The lowest BCUT2D eigenvalue weighted by Crippen LogP contribution is -2.42. The predicted molar refractivity (Wildman–Crippen MR) is 121 cm³/mol. The van der Waals surface area contributed by atoms with Crippen molar-refractivity contribution in [2.24, 2.45) is 0 Å². The van der Waals surface area contributed by atoms with Gasteiger partial charge in [-0.3, -0.25) is 4.79 Å². The highest BCUT2D eigenvalue weighted by Gasteiger charge is 2.34. The lowest BCUT2D eigenvalue weighted by molar-refractivity contribution is 0.0985. The Labute approximate surface area is 184 Å². The van der Waals surface area contributed by atoms with Crippen LogP contribution in [0.25, 0.3) is 0 Å². The minimum absolute atomic E-state index is 0.0655. The van der Waals surface area contributed by atoms with Crippen LogP contribution in [0.15, 0.2) is 41.3 Å². The van der Waals surface area contributed by atoms with Crippen LogP contribution in [-0.4, -0.2) is 44.9 Å². The molecule has 0 spiro atoms. The lowest BCUT2D eigenvalue weighted by atomic mass is 9.99. The Morgan fingerprint density at radius 1 is 1.06 bits per heavy atom. The minimum atomic E-state index is -3.77. The highest BCUT2D eigenvalue weighted by Crippen LogP contribution is 2.34. The van der Waals surface area contributed by atoms with Gasteiger partial charge in [-0.15, -0.1) is 0 Å². The maximum Gasteiger partial charge on any atom is 0.258 e. The number of nitrogens with zero attached hydrogens (tertiary/aromatic N) is 2. The summed E-state index contributed by atoms with van der Waals surface area (Å²) in [7, 11) is -2.31. The van der Waals surface area contributed by atoms with Gasteiger partial charge in [0.1, 0.15) is 10.6 Å². The van der Waals surface area contributed by atoms with Crippen LogP contribution in [0.1, 0.15) is 54.1 Å². The number of rotatable bonds is 4. The number of piperidine rings is 1. The molecule has 0 saturated carbocycles. The maximum absolute atomic E-state index is 13.5. The molecule has 2 heterocycles. The number of hydrogen-bond donors (Lipinski definition) is 0. The molecule has 0 unspecified atom stereocenters. The van der Waals surface area contributed by atoms with E-state index in [2.05, 4.69) is 6.07 Å². The molecule has 1 saturated heterocycles. The third kappa shape index (κ3) is 4.08. The summed E-state index contributed by atoms with van der Waals surface area (Å²) in [5.74, 6) is 0.0830. The van der Waals surface area contributed by atoms with Crippen LogP contribution in [0.5, 0.6) is 5.75 Å². The second-order valence-electron chi connectivity index (χ2n) is 8.52. The molecule has 0 N–H and O–H groups in total. The second-order valence-corrected chi connectivity index (χ2v) is 10.4. The topological polar surface area (TPSA) is 66.9 Å². The van der Waals surface area contributed by atoms with E-state index in [4.69, 9.17) is 4.74 Å². The first kappa shape index (κ1) is 21.8. The SMILES string of the molecule is COc1ccc(C(=O)N2CCCc3cc(C)ccc32)cc1S(=O)(=O)N1CCCC[C@@H]1C. The molecule has 0 aliphatic carbocycles. The van der Waals surface area contributed by atoms with Gasteiger partial charge in [-0.05, 0) is 69.4 Å². The van der Waals surface area contributed by atoms with Crippen molar-refractivity contribution >= 4 is 21.6 Å². The van der Waals surface area contributed by atoms with Crippen LogP contribution in [0.4, 0.5) is 5.69 Å². The number of anilines is 1. The molecular formula is C24H30N2O4S. The number of benzene rings is 2. The summed E-state index contributed by atoms with van der Waals surface area (Å²) in [4.78, 5) is 15.3. The Morgan fingerprint density at radius 2 is 1.87 bits per heavy atom. The first-order chi connectivity index (χ1) is 14.8. The fourth-order valence-corrected chi connectivity index (χ4v) is 6.54. The van der Waals surface area contributed by atoms with Gasteiger partial charge in [0.25, 0.3) is 5.91 Å². The number of ether oxygens (including phenoxy) is 1. The van der Waals surface area contributed by atoms with E-state index in [1.807, 2.05) is 26.0 Å². The van der Waals surface area contributed by atoms with Crippen LogP contribution in [0.2, 0.25) is 0 Å². The van der Waals surface area contributed by atoms with Gasteiger partial charge in [0, 0.05) is 30.4 Å².